The average Bonchev–Trinajstić information content (AvgIpc) is 2.59. The van der Waals surface area contributed by atoms with Crippen LogP contribution in [0.5, 0.6) is 0 Å². The van der Waals surface area contributed by atoms with Crippen LogP contribution in [-0.4, -0.2) is 59.7 Å². The highest BCUT2D eigenvalue weighted by atomic mass is 79.9. The normalized spacial score (nSPS) is 25.4. The molecule has 2 aliphatic rings. The highest BCUT2D eigenvalue weighted by Crippen LogP contribution is 2.31. The predicted octanol–water partition coefficient (Wildman–Crippen LogP) is 3.47. The van der Waals surface area contributed by atoms with E-state index in [1.165, 1.54) is 18.7 Å². The molecule has 2 atom stereocenters. The fourth-order valence-corrected chi connectivity index (χ4v) is 4.61. The Bertz CT molecular complexity index is 627. The van der Waals surface area contributed by atoms with Crippen molar-refractivity contribution in [1.29, 1.82) is 0 Å². The topological polar surface area (TPSA) is 71.7 Å². The summed E-state index contributed by atoms with van der Waals surface area (Å²) >= 11 is 3.43. The van der Waals surface area contributed by atoms with Crippen LogP contribution in [0.4, 0.5) is 11.5 Å². The monoisotopic (exact) mass is 426 g/mol. The van der Waals surface area contributed by atoms with E-state index >= 15 is 0 Å². The van der Waals surface area contributed by atoms with E-state index in [-0.39, 0.29) is 5.69 Å². The van der Waals surface area contributed by atoms with Crippen molar-refractivity contribution in [2.45, 2.75) is 45.3 Å². The minimum atomic E-state index is -0.416. The smallest absolute Gasteiger partial charge is 0.288 e. The number of hydrogen-bond acceptors (Lipinski definition) is 6. The van der Waals surface area contributed by atoms with E-state index in [0.29, 0.717) is 16.7 Å². The molecule has 3 rings (SSSR count). The van der Waals surface area contributed by atoms with Crippen LogP contribution in [0.2, 0.25) is 0 Å². The zero-order valence-corrected chi connectivity index (χ0v) is 17.0. The van der Waals surface area contributed by atoms with E-state index in [4.69, 9.17) is 4.74 Å². The van der Waals surface area contributed by atoms with Crippen LogP contribution < -0.4 is 4.90 Å². The SMILES string of the molecule is CC1CN(CCC2CCN(c3ncc([N+](=O)[O-])cc3Br)CC2)CC(C)O1. The largest absolute Gasteiger partial charge is 0.373 e. The third-order valence-electron chi connectivity index (χ3n) is 5.28. The Morgan fingerprint density at radius 3 is 2.54 bits per heavy atom. The molecule has 0 amide bonds. The molecule has 0 aromatic carbocycles. The summed E-state index contributed by atoms with van der Waals surface area (Å²) in [7, 11) is 0. The molecule has 0 N–H and O–H groups in total. The molecule has 26 heavy (non-hydrogen) atoms. The van der Waals surface area contributed by atoms with Crippen molar-refractivity contribution in [1.82, 2.24) is 9.88 Å². The number of rotatable bonds is 5. The number of piperidine rings is 1. The van der Waals surface area contributed by atoms with Crippen molar-refractivity contribution >= 4 is 27.4 Å². The first kappa shape index (κ1) is 19.5. The number of nitro groups is 1. The van der Waals surface area contributed by atoms with E-state index in [0.717, 1.165) is 57.3 Å². The van der Waals surface area contributed by atoms with Gasteiger partial charge in [0.15, 0.2) is 0 Å². The maximum atomic E-state index is 10.8. The lowest BCUT2D eigenvalue weighted by molar-refractivity contribution is -0.385. The van der Waals surface area contributed by atoms with Gasteiger partial charge in [-0.2, -0.15) is 0 Å². The minimum absolute atomic E-state index is 0.0180. The van der Waals surface area contributed by atoms with Gasteiger partial charge in [-0.25, -0.2) is 4.98 Å². The van der Waals surface area contributed by atoms with Crippen LogP contribution in [-0.2, 0) is 4.74 Å². The Balaban J connectivity index is 1.48. The molecule has 8 heteroatoms. The lowest BCUT2D eigenvalue weighted by Gasteiger charge is -2.37. The number of nitrogens with zero attached hydrogens (tertiary/aromatic N) is 4. The zero-order valence-electron chi connectivity index (χ0n) is 15.4. The van der Waals surface area contributed by atoms with Crippen molar-refractivity contribution in [2.24, 2.45) is 5.92 Å². The van der Waals surface area contributed by atoms with E-state index < -0.39 is 4.92 Å². The average molecular weight is 427 g/mol. The Labute approximate surface area is 163 Å². The Morgan fingerprint density at radius 2 is 1.96 bits per heavy atom. The van der Waals surface area contributed by atoms with Gasteiger partial charge < -0.3 is 9.64 Å². The maximum Gasteiger partial charge on any atom is 0.288 e. The van der Waals surface area contributed by atoms with Gasteiger partial charge in [0.05, 0.1) is 21.6 Å². The van der Waals surface area contributed by atoms with Gasteiger partial charge in [0.1, 0.15) is 12.0 Å². The molecule has 2 saturated heterocycles. The summed E-state index contributed by atoms with van der Waals surface area (Å²) in [6.45, 7) is 9.40. The van der Waals surface area contributed by atoms with Crippen molar-refractivity contribution in [2.75, 3.05) is 37.6 Å². The molecule has 0 spiro atoms. The lowest BCUT2D eigenvalue weighted by Crippen LogP contribution is -2.46. The molecule has 0 aliphatic carbocycles. The number of ether oxygens (including phenoxy) is 1. The molecule has 2 fully saturated rings. The van der Waals surface area contributed by atoms with Crippen molar-refractivity contribution in [3.8, 4) is 0 Å². The quantitative estimate of drug-likeness (QED) is 0.530. The third-order valence-corrected chi connectivity index (χ3v) is 5.86. The number of pyridine rings is 1. The maximum absolute atomic E-state index is 10.8. The van der Waals surface area contributed by atoms with Crippen LogP contribution in [0.15, 0.2) is 16.7 Å². The molecule has 2 unspecified atom stereocenters. The molecule has 0 radical (unpaired) electrons. The second-order valence-electron chi connectivity index (χ2n) is 7.49. The number of aromatic nitrogens is 1. The molecule has 2 aliphatic heterocycles. The van der Waals surface area contributed by atoms with Crippen LogP contribution in [0.1, 0.15) is 33.1 Å². The van der Waals surface area contributed by atoms with Gasteiger partial charge >= 0.3 is 0 Å². The standard InChI is InChI=1S/C18H27BrN4O3/c1-13-11-21(12-14(2)26-13)6-3-15-4-7-22(8-5-15)18-17(19)9-16(10-20-18)23(24)25/h9-10,13-15H,3-8,11-12H2,1-2H3. The lowest BCUT2D eigenvalue weighted by atomic mass is 9.93. The Kier molecular flexibility index (Phi) is 6.47. The molecule has 0 bridgehead atoms. The van der Waals surface area contributed by atoms with Gasteiger partial charge in [-0.15, -0.1) is 0 Å². The summed E-state index contributed by atoms with van der Waals surface area (Å²) < 4.78 is 6.50. The van der Waals surface area contributed by atoms with E-state index in [9.17, 15) is 10.1 Å². The van der Waals surface area contributed by atoms with Gasteiger partial charge in [0, 0.05) is 32.2 Å². The van der Waals surface area contributed by atoms with Crippen LogP contribution >= 0.6 is 15.9 Å². The molecular weight excluding hydrogens is 400 g/mol. The minimum Gasteiger partial charge on any atom is -0.373 e. The van der Waals surface area contributed by atoms with Crippen LogP contribution in [0, 0.1) is 16.0 Å². The van der Waals surface area contributed by atoms with Crippen molar-refractivity contribution < 1.29 is 9.66 Å². The van der Waals surface area contributed by atoms with Gasteiger partial charge in [0.25, 0.3) is 5.69 Å². The molecular formula is C18H27BrN4O3. The van der Waals surface area contributed by atoms with E-state index in [2.05, 4.69) is 44.6 Å². The van der Waals surface area contributed by atoms with Crippen molar-refractivity contribution in [3.05, 3.63) is 26.9 Å². The predicted molar refractivity (Wildman–Crippen MR) is 105 cm³/mol. The summed E-state index contributed by atoms with van der Waals surface area (Å²) in [5, 5.41) is 10.8. The Morgan fingerprint density at radius 1 is 1.31 bits per heavy atom. The highest BCUT2D eigenvalue weighted by molar-refractivity contribution is 9.10. The first-order valence-corrected chi connectivity index (χ1v) is 10.1. The molecule has 1 aromatic heterocycles. The highest BCUT2D eigenvalue weighted by Gasteiger charge is 2.25. The molecule has 7 nitrogen and oxygen atoms in total. The number of anilines is 1. The summed E-state index contributed by atoms with van der Waals surface area (Å²) in [6.07, 6.45) is 5.49. The molecule has 1 aromatic rings. The number of morpholine rings is 1. The van der Waals surface area contributed by atoms with Gasteiger partial charge in [-0.3, -0.25) is 15.0 Å². The second-order valence-corrected chi connectivity index (χ2v) is 8.35. The summed E-state index contributed by atoms with van der Waals surface area (Å²) in [5.41, 5.74) is 0.0180. The van der Waals surface area contributed by atoms with Crippen molar-refractivity contribution in [3.63, 3.8) is 0 Å². The first-order chi connectivity index (χ1) is 12.4. The summed E-state index contributed by atoms with van der Waals surface area (Å²) in [5.74, 6) is 1.54. The number of hydrogen-bond donors (Lipinski definition) is 0. The fourth-order valence-electron chi connectivity index (χ4n) is 4.02. The zero-order chi connectivity index (χ0) is 18.7. The Hall–Kier alpha value is -1.25. The summed E-state index contributed by atoms with van der Waals surface area (Å²) in [6, 6.07) is 1.54. The van der Waals surface area contributed by atoms with E-state index in [1.54, 1.807) is 0 Å². The molecule has 144 valence electrons. The van der Waals surface area contributed by atoms with E-state index in [1.807, 2.05) is 0 Å². The van der Waals surface area contributed by atoms with Gasteiger partial charge in [-0.1, -0.05) is 0 Å². The van der Waals surface area contributed by atoms with Crippen LogP contribution in [0.3, 0.4) is 0 Å². The van der Waals surface area contributed by atoms with Gasteiger partial charge in [0.2, 0.25) is 0 Å². The first-order valence-electron chi connectivity index (χ1n) is 9.35. The summed E-state index contributed by atoms with van der Waals surface area (Å²) in [4.78, 5) is 19.5. The molecule has 0 saturated carbocycles. The third kappa shape index (κ3) is 4.92. The van der Waals surface area contributed by atoms with Crippen LogP contribution in [0.25, 0.3) is 0 Å². The second kappa shape index (κ2) is 8.63. The number of halogens is 1. The van der Waals surface area contributed by atoms with Gasteiger partial charge in [-0.05, 0) is 61.5 Å². The fraction of sp³-hybridized carbons (Fsp3) is 0.722. The molecule has 3 heterocycles.